The third-order valence-electron chi connectivity index (χ3n) is 2.88. The molecule has 0 amide bonds. The second kappa shape index (κ2) is 6.66. The minimum absolute atomic E-state index is 0.0809. The fourth-order valence-corrected chi connectivity index (χ4v) is 2.71. The Kier molecular flexibility index (Phi) is 4.90. The van der Waals surface area contributed by atoms with Crippen LogP contribution in [-0.2, 0) is 11.2 Å². The Labute approximate surface area is 121 Å². The fraction of sp³-hybridized carbons (Fsp3) is 0.188. The number of rotatable bonds is 5. The van der Waals surface area contributed by atoms with Gasteiger partial charge < -0.3 is 0 Å². The highest BCUT2D eigenvalue weighted by atomic mass is 32.2. The van der Waals surface area contributed by atoms with Crippen molar-refractivity contribution in [2.24, 2.45) is 0 Å². The number of aryl methyl sites for hydroxylation is 1. The van der Waals surface area contributed by atoms with Crippen LogP contribution in [0.3, 0.4) is 0 Å². The van der Waals surface area contributed by atoms with Gasteiger partial charge in [0.05, 0.1) is 5.75 Å². The third-order valence-corrected chi connectivity index (χ3v) is 4.11. The molecule has 0 fully saturated rings. The van der Waals surface area contributed by atoms with Crippen molar-refractivity contribution >= 4 is 17.5 Å². The summed E-state index contributed by atoms with van der Waals surface area (Å²) in [4.78, 5) is 12.9. The number of carbonyl (C=O) groups is 1. The maximum absolute atomic E-state index is 13.4. The van der Waals surface area contributed by atoms with Crippen molar-refractivity contribution in [2.45, 2.75) is 18.2 Å². The van der Waals surface area contributed by atoms with Gasteiger partial charge in [0.15, 0.2) is 0 Å². The molecule has 20 heavy (non-hydrogen) atoms. The summed E-state index contributed by atoms with van der Waals surface area (Å²) in [5.41, 5.74) is 1.21. The molecule has 104 valence electrons. The smallest absolute Gasteiger partial charge is 0.147 e. The molecule has 0 unspecified atom stereocenters. The second-order valence-corrected chi connectivity index (χ2v) is 5.52. The van der Waals surface area contributed by atoms with Crippen LogP contribution >= 0.6 is 11.8 Å². The molecule has 2 aromatic rings. The van der Waals surface area contributed by atoms with E-state index in [-0.39, 0.29) is 23.5 Å². The molecule has 0 aliphatic carbocycles. The van der Waals surface area contributed by atoms with E-state index in [1.165, 1.54) is 11.8 Å². The molecule has 0 spiro atoms. The minimum Gasteiger partial charge on any atom is -0.298 e. The molecular formula is C16H14F2OS. The zero-order chi connectivity index (χ0) is 14.5. The van der Waals surface area contributed by atoms with Crippen LogP contribution in [-0.4, -0.2) is 11.5 Å². The quantitative estimate of drug-likeness (QED) is 0.769. The second-order valence-electron chi connectivity index (χ2n) is 4.51. The van der Waals surface area contributed by atoms with Crippen LogP contribution in [0, 0.1) is 18.6 Å². The van der Waals surface area contributed by atoms with Gasteiger partial charge in [-0.1, -0.05) is 18.2 Å². The summed E-state index contributed by atoms with van der Waals surface area (Å²) in [5, 5.41) is 0. The Morgan fingerprint density at radius 2 is 1.90 bits per heavy atom. The molecule has 0 aliphatic rings. The van der Waals surface area contributed by atoms with Crippen LogP contribution < -0.4 is 0 Å². The highest BCUT2D eigenvalue weighted by Crippen LogP contribution is 2.22. The Bertz CT molecular complexity index is 626. The monoisotopic (exact) mass is 292 g/mol. The average Bonchev–Trinajstić information content (AvgIpc) is 2.42. The lowest BCUT2D eigenvalue weighted by atomic mass is 10.1. The number of hydrogen-bond acceptors (Lipinski definition) is 2. The first-order chi connectivity index (χ1) is 9.56. The summed E-state index contributed by atoms with van der Waals surface area (Å²) < 4.78 is 26.4. The van der Waals surface area contributed by atoms with E-state index >= 15 is 0 Å². The number of hydrogen-bond donors (Lipinski definition) is 0. The minimum atomic E-state index is -0.541. The van der Waals surface area contributed by atoms with Crippen LogP contribution in [0.2, 0.25) is 0 Å². The summed E-state index contributed by atoms with van der Waals surface area (Å²) in [6, 6.07) is 10.9. The molecule has 0 aliphatic heterocycles. The van der Waals surface area contributed by atoms with Gasteiger partial charge in [-0.15, -0.1) is 11.8 Å². The number of Topliss-reactive ketones (excluding diaryl/α,β-unsaturated/α-hetero) is 1. The SMILES string of the molecule is Cc1ccccc1SCC(=O)Cc1cc(F)ccc1F. The molecule has 2 rings (SSSR count). The van der Waals surface area contributed by atoms with Crippen molar-refractivity contribution in [3.8, 4) is 0 Å². The molecule has 0 bridgehead atoms. The Balaban J connectivity index is 1.96. The van der Waals surface area contributed by atoms with E-state index in [1.54, 1.807) is 0 Å². The fourth-order valence-electron chi connectivity index (χ4n) is 1.82. The van der Waals surface area contributed by atoms with Crippen LogP contribution in [0.4, 0.5) is 8.78 Å². The molecule has 0 radical (unpaired) electrons. The highest BCUT2D eigenvalue weighted by molar-refractivity contribution is 8.00. The van der Waals surface area contributed by atoms with Gasteiger partial charge in [-0.25, -0.2) is 8.78 Å². The van der Waals surface area contributed by atoms with Gasteiger partial charge >= 0.3 is 0 Å². The first kappa shape index (κ1) is 14.7. The molecule has 0 N–H and O–H groups in total. The van der Waals surface area contributed by atoms with Crippen LogP contribution in [0.5, 0.6) is 0 Å². The van der Waals surface area contributed by atoms with Crippen LogP contribution in [0.15, 0.2) is 47.4 Å². The third kappa shape index (κ3) is 3.90. The lowest BCUT2D eigenvalue weighted by Crippen LogP contribution is -2.07. The van der Waals surface area contributed by atoms with Gasteiger partial charge in [-0.05, 0) is 42.3 Å². The summed E-state index contributed by atoms with van der Waals surface area (Å²) in [6.45, 7) is 1.97. The molecule has 0 aromatic heterocycles. The summed E-state index contributed by atoms with van der Waals surface area (Å²) in [5.74, 6) is -0.940. The summed E-state index contributed by atoms with van der Waals surface area (Å²) in [6.07, 6.45) is -0.0809. The number of carbonyl (C=O) groups excluding carboxylic acids is 1. The molecule has 2 aromatic carbocycles. The Morgan fingerprint density at radius 3 is 2.65 bits per heavy atom. The molecule has 0 saturated carbocycles. The van der Waals surface area contributed by atoms with Gasteiger partial charge in [0.2, 0.25) is 0 Å². The predicted octanol–water partition coefficient (Wildman–Crippen LogP) is 4.18. The summed E-state index contributed by atoms with van der Waals surface area (Å²) >= 11 is 1.42. The molecule has 4 heteroatoms. The van der Waals surface area contributed by atoms with Gasteiger partial charge in [-0.3, -0.25) is 4.79 Å². The molecular weight excluding hydrogens is 278 g/mol. The van der Waals surface area contributed by atoms with Crippen molar-refractivity contribution in [1.82, 2.24) is 0 Å². The van der Waals surface area contributed by atoms with E-state index in [4.69, 9.17) is 0 Å². The first-order valence-corrected chi connectivity index (χ1v) is 7.19. The number of halogens is 2. The lowest BCUT2D eigenvalue weighted by Gasteiger charge is -2.05. The van der Waals surface area contributed by atoms with E-state index in [1.807, 2.05) is 31.2 Å². The number of thioether (sulfide) groups is 1. The van der Waals surface area contributed by atoms with Crippen molar-refractivity contribution in [3.63, 3.8) is 0 Å². The van der Waals surface area contributed by atoms with Gasteiger partial charge in [0.1, 0.15) is 17.4 Å². The van der Waals surface area contributed by atoms with Crippen LogP contribution in [0.25, 0.3) is 0 Å². The first-order valence-electron chi connectivity index (χ1n) is 6.20. The average molecular weight is 292 g/mol. The highest BCUT2D eigenvalue weighted by Gasteiger charge is 2.10. The topological polar surface area (TPSA) is 17.1 Å². The van der Waals surface area contributed by atoms with E-state index < -0.39 is 11.6 Å². The predicted molar refractivity (Wildman–Crippen MR) is 77.0 cm³/mol. The zero-order valence-electron chi connectivity index (χ0n) is 11.0. The summed E-state index contributed by atoms with van der Waals surface area (Å²) in [7, 11) is 0. The lowest BCUT2D eigenvalue weighted by molar-refractivity contribution is -0.116. The van der Waals surface area contributed by atoms with Crippen molar-refractivity contribution in [1.29, 1.82) is 0 Å². The number of benzene rings is 2. The Morgan fingerprint density at radius 1 is 1.15 bits per heavy atom. The van der Waals surface area contributed by atoms with Crippen LogP contribution in [0.1, 0.15) is 11.1 Å². The Hall–Kier alpha value is -1.68. The largest absolute Gasteiger partial charge is 0.298 e. The molecule has 0 saturated heterocycles. The molecule has 0 heterocycles. The normalized spacial score (nSPS) is 10.6. The van der Waals surface area contributed by atoms with E-state index in [9.17, 15) is 13.6 Å². The standard InChI is InChI=1S/C16H14F2OS/c1-11-4-2-3-5-16(11)20-10-14(19)9-12-8-13(17)6-7-15(12)18/h2-8H,9-10H2,1H3. The van der Waals surface area contributed by atoms with Crippen molar-refractivity contribution in [3.05, 3.63) is 65.2 Å². The molecule has 1 nitrogen and oxygen atoms in total. The van der Waals surface area contributed by atoms with Gasteiger partial charge in [-0.2, -0.15) is 0 Å². The zero-order valence-corrected chi connectivity index (χ0v) is 11.8. The number of ketones is 1. The van der Waals surface area contributed by atoms with E-state index in [0.29, 0.717) is 0 Å². The maximum atomic E-state index is 13.4. The van der Waals surface area contributed by atoms with E-state index in [2.05, 4.69) is 0 Å². The molecule has 0 atom stereocenters. The van der Waals surface area contributed by atoms with Crippen molar-refractivity contribution in [2.75, 3.05) is 5.75 Å². The maximum Gasteiger partial charge on any atom is 0.147 e. The van der Waals surface area contributed by atoms with Crippen molar-refractivity contribution < 1.29 is 13.6 Å². The van der Waals surface area contributed by atoms with E-state index in [0.717, 1.165) is 28.7 Å². The van der Waals surface area contributed by atoms with Gasteiger partial charge in [0, 0.05) is 11.3 Å². The van der Waals surface area contributed by atoms with Gasteiger partial charge in [0.25, 0.3) is 0 Å².